The molecule has 1 unspecified atom stereocenters. The topological polar surface area (TPSA) is 46.2 Å². The van der Waals surface area contributed by atoms with E-state index in [1.165, 1.54) is 0 Å². The molecule has 0 aromatic rings. The molecule has 0 amide bonds. The van der Waals surface area contributed by atoms with Crippen molar-refractivity contribution in [1.29, 1.82) is 0 Å². The van der Waals surface area contributed by atoms with Crippen LogP contribution >= 0.6 is 0 Å². The van der Waals surface area contributed by atoms with E-state index >= 15 is 0 Å². The molecule has 3 nitrogen and oxygen atoms in total. The second-order valence-electron chi connectivity index (χ2n) is 3.48. The van der Waals surface area contributed by atoms with Crippen LogP contribution in [0.5, 0.6) is 0 Å². The van der Waals surface area contributed by atoms with E-state index in [1.807, 2.05) is 6.08 Å². The fraction of sp³-hybridized carbons (Fsp3) is 0.778. The summed E-state index contributed by atoms with van der Waals surface area (Å²) in [6, 6.07) is 0.165. The molecule has 0 aromatic carbocycles. The van der Waals surface area contributed by atoms with E-state index in [2.05, 4.69) is 11.9 Å². The van der Waals surface area contributed by atoms with Crippen LogP contribution in [0.2, 0.25) is 0 Å². The van der Waals surface area contributed by atoms with Gasteiger partial charge in [0.05, 0.1) is 11.5 Å². The molecule has 1 rings (SSSR count). The molecular weight excluding hydrogens is 186 g/mol. The van der Waals surface area contributed by atoms with E-state index in [0.29, 0.717) is 11.5 Å². The van der Waals surface area contributed by atoms with E-state index in [-0.39, 0.29) is 6.04 Å². The van der Waals surface area contributed by atoms with E-state index in [1.54, 1.807) is 0 Å². The summed E-state index contributed by atoms with van der Waals surface area (Å²) in [7, 11) is -2.76. The summed E-state index contributed by atoms with van der Waals surface area (Å²) in [5, 5.41) is 3.23. The van der Waals surface area contributed by atoms with Crippen molar-refractivity contribution in [3.8, 4) is 0 Å². The highest BCUT2D eigenvalue weighted by molar-refractivity contribution is 7.91. The van der Waals surface area contributed by atoms with Gasteiger partial charge in [-0.3, -0.25) is 0 Å². The highest BCUT2D eigenvalue weighted by Gasteiger charge is 2.23. The normalized spacial score (nSPS) is 26.9. The molecule has 1 fully saturated rings. The summed E-state index contributed by atoms with van der Waals surface area (Å²) in [6.45, 7) is 4.45. The maximum Gasteiger partial charge on any atom is 0.151 e. The quantitative estimate of drug-likeness (QED) is 0.541. The molecule has 1 aliphatic rings. The first-order chi connectivity index (χ1) is 6.14. The molecule has 1 saturated heterocycles. The Bertz CT molecular complexity index is 259. The number of rotatable bonds is 4. The van der Waals surface area contributed by atoms with Crippen LogP contribution in [-0.4, -0.2) is 32.5 Å². The van der Waals surface area contributed by atoms with Gasteiger partial charge in [0.25, 0.3) is 0 Å². The fourth-order valence-electron chi connectivity index (χ4n) is 1.57. The summed E-state index contributed by atoms with van der Waals surface area (Å²) in [6.07, 6.45) is 4.52. The van der Waals surface area contributed by atoms with Crippen molar-refractivity contribution in [2.75, 3.05) is 18.1 Å². The zero-order valence-corrected chi connectivity index (χ0v) is 8.65. The van der Waals surface area contributed by atoms with Gasteiger partial charge < -0.3 is 5.32 Å². The Balaban J connectivity index is 2.30. The van der Waals surface area contributed by atoms with Gasteiger partial charge in [0.1, 0.15) is 0 Å². The molecule has 1 atom stereocenters. The fourth-order valence-corrected chi connectivity index (χ4v) is 3.24. The molecular formula is C9H17NO2S. The SMILES string of the molecule is C=CCCNC1CCCS(=O)(=O)C1. The molecule has 1 aliphatic heterocycles. The lowest BCUT2D eigenvalue weighted by atomic mass is 10.2. The second-order valence-corrected chi connectivity index (χ2v) is 5.71. The van der Waals surface area contributed by atoms with Crippen LogP contribution in [0.3, 0.4) is 0 Å². The lowest BCUT2D eigenvalue weighted by molar-refractivity contribution is 0.485. The Kier molecular flexibility index (Phi) is 3.93. The van der Waals surface area contributed by atoms with Crippen LogP contribution in [0.15, 0.2) is 12.7 Å². The maximum absolute atomic E-state index is 11.2. The summed E-state index contributed by atoms with van der Waals surface area (Å²) in [5.41, 5.74) is 0. The minimum Gasteiger partial charge on any atom is -0.313 e. The largest absolute Gasteiger partial charge is 0.313 e. The van der Waals surface area contributed by atoms with Gasteiger partial charge in [0, 0.05) is 6.04 Å². The monoisotopic (exact) mass is 203 g/mol. The molecule has 1 N–H and O–H groups in total. The second kappa shape index (κ2) is 4.77. The highest BCUT2D eigenvalue weighted by atomic mass is 32.2. The lowest BCUT2D eigenvalue weighted by Gasteiger charge is -2.22. The zero-order chi connectivity index (χ0) is 9.73. The summed E-state index contributed by atoms with van der Waals surface area (Å²) in [5.74, 6) is 0.677. The smallest absolute Gasteiger partial charge is 0.151 e. The molecule has 0 spiro atoms. The van der Waals surface area contributed by atoms with Crippen molar-refractivity contribution in [1.82, 2.24) is 5.32 Å². The van der Waals surface area contributed by atoms with Crippen molar-refractivity contribution < 1.29 is 8.42 Å². The Morgan fingerprint density at radius 1 is 1.54 bits per heavy atom. The van der Waals surface area contributed by atoms with Gasteiger partial charge in [-0.1, -0.05) is 6.08 Å². The first kappa shape index (κ1) is 10.7. The lowest BCUT2D eigenvalue weighted by Crippen LogP contribution is -2.40. The van der Waals surface area contributed by atoms with Crippen LogP contribution in [-0.2, 0) is 9.84 Å². The molecule has 1 heterocycles. The maximum atomic E-state index is 11.2. The van der Waals surface area contributed by atoms with Crippen molar-refractivity contribution in [3.05, 3.63) is 12.7 Å². The average Bonchev–Trinajstić information content (AvgIpc) is 2.03. The van der Waals surface area contributed by atoms with Crippen molar-refractivity contribution in [3.63, 3.8) is 0 Å². The number of sulfone groups is 1. The van der Waals surface area contributed by atoms with Crippen molar-refractivity contribution in [2.24, 2.45) is 0 Å². The van der Waals surface area contributed by atoms with Gasteiger partial charge in [-0.2, -0.15) is 0 Å². The minimum atomic E-state index is -2.76. The van der Waals surface area contributed by atoms with Crippen molar-refractivity contribution in [2.45, 2.75) is 25.3 Å². The number of hydrogen-bond donors (Lipinski definition) is 1. The Morgan fingerprint density at radius 3 is 2.92 bits per heavy atom. The van der Waals surface area contributed by atoms with E-state index in [4.69, 9.17) is 0 Å². The molecule has 0 saturated carbocycles. The number of hydrogen-bond acceptors (Lipinski definition) is 3. The Morgan fingerprint density at radius 2 is 2.31 bits per heavy atom. The zero-order valence-electron chi connectivity index (χ0n) is 7.83. The van der Waals surface area contributed by atoms with E-state index < -0.39 is 9.84 Å². The predicted octanol–water partition coefficient (Wildman–Crippen LogP) is 0.729. The Labute approximate surface area is 80.1 Å². The first-order valence-corrected chi connectivity index (χ1v) is 6.51. The van der Waals surface area contributed by atoms with Gasteiger partial charge in [-0.05, 0) is 25.8 Å². The summed E-state index contributed by atoms with van der Waals surface area (Å²) < 4.78 is 22.5. The third kappa shape index (κ3) is 3.91. The van der Waals surface area contributed by atoms with Gasteiger partial charge in [0.15, 0.2) is 9.84 Å². The van der Waals surface area contributed by atoms with Gasteiger partial charge in [0.2, 0.25) is 0 Å². The van der Waals surface area contributed by atoms with Crippen LogP contribution in [0, 0.1) is 0 Å². The molecule has 0 radical (unpaired) electrons. The Hall–Kier alpha value is -0.350. The molecule has 0 aliphatic carbocycles. The number of nitrogens with one attached hydrogen (secondary N) is 1. The van der Waals surface area contributed by atoms with E-state index in [9.17, 15) is 8.42 Å². The molecule has 4 heteroatoms. The first-order valence-electron chi connectivity index (χ1n) is 4.69. The summed E-state index contributed by atoms with van der Waals surface area (Å²) in [4.78, 5) is 0. The third-order valence-electron chi connectivity index (χ3n) is 2.24. The van der Waals surface area contributed by atoms with Crippen LogP contribution in [0.4, 0.5) is 0 Å². The summed E-state index contributed by atoms with van der Waals surface area (Å²) >= 11 is 0. The highest BCUT2D eigenvalue weighted by Crippen LogP contribution is 2.11. The van der Waals surface area contributed by atoms with Gasteiger partial charge >= 0.3 is 0 Å². The molecule has 76 valence electrons. The van der Waals surface area contributed by atoms with Crippen LogP contribution < -0.4 is 5.32 Å². The predicted molar refractivity (Wildman–Crippen MR) is 54.5 cm³/mol. The van der Waals surface area contributed by atoms with Crippen molar-refractivity contribution >= 4 is 9.84 Å². The molecule has 13 heavy (non-hydrogen) atoms. The molecule has 0 bridgehead atoms. The third-order valence-corrected chi connectivity index (χ3v) is 4.07. The average molecular weight is 203 g/mol. The van der Waals surface area contributed by atoms with Crippen LogP contribution in [0.25, 0.3) is 0 Å². The van der Waals surface area contributed by atoms with Gasteiger partial charge in [-0.25, -0.2) is 8.42 Å². The molecule has 0 aromatic heterocycles. The van der Waals surface area contributed by atoms with Gasteiger partial charge in [-0.15, -0.1) is 6.58 Å². The van der Waals surface area contributed by atoms with Crippen LogP contribution in [0.1, 0.15) is 19.3 Å². The minimum absolute atomic E-state index is 0.165. The van der Waals surface area contributed by atoms with E-state index in [0.717, 1.165) is 25.8 Å². The standard InChI is InChI=1S/C9H17NO2S/c1-2-3-6-10-9-5-4-7-13(11,12)8-9/h2,9-10H,1,3-8H2.